The van der Waals surface area contributed by atoms with Gasteiger partial charge in [-0.25, -0.2) is 9.78 Å². The predicted octanol–water partition coefficient (Wildman–Crippen LogP) is 4.66. The van der Waals surface area contributed by atoms with Gasteiger partial charge in [0.1, 0.15) is 0 Å². The molecule has 0 aliphatic carbocycles. The molecule has 2 aliphatic heterocycles. The Hall–Kier alpha value is -5.15. The maximum atomic E-state index is 13.3. The lowest BCUT2D eigenvalue weighted by Gasteiger charge is -2.27. The number of fused-ring (bicyclic) bond motifs is 2. The number of aromatic carboxylic acids is 1. The molecule has 0 radical (unpaired) electrons. The van der Waals surface area contributed by atoms with Crippen molar-refractivity contribution < 1.29 is 29.0 Å². The zero-order chi connectivity index (χ0) is 28.7. The van der Waals surface area contributed by atoms with Gasteiger partial charge in [-0.3, -0.25) is 19.3 Å². The summed E-state index contributed by atoms with van der Waals surface area (Å²) in [5, 5.41) is 10.1. The maximum absolute atomic E-state index is 13.3. The fourth-order valence-corrected chi connectivity index (χ4v) is 5.27. The van der Waals surface area contributed by atoms with Crippen molar-refractivity contribution in [3.63, 3.8) is 0 Å². The van der Waals surface area contributed by atoms with Crippen LogP contribution in [0.25, 0.3) is 28.1 Å². The third-order valence-electron chi connectivity index (χ3n) is 7.28. The van der Waals surface area contributed by atoms with Crippen LogP contribution in [0.2, 0.25) is 0 Å². The molecule has 3 aromatic carbocycles. The molecule has 0 saturated carbocycles. The number of amides is 2. The van der Waals surface area contributed by atoms with Crippen molar-refractivity contribution in [2.24, 2.45) is 0 Å². The van der Waals surface area contributed by atoms with E-state index in [0.717, 1.165) is 0 Å². The second kappa shape index (κ2) is 10.4. The second-order valence-electron chi connectivity index (χ2n) is 9.84. The number of rotatable bonds is 4. The summed E-state index contributed by atoms with van der Waals surface area (Å²) in [6.45, 7) is 3.39. The first-order chi connectivity index (χ1) is 19.8. The Labute approximate surface area is 235 Å². The quantitative estimate of drug-likeness (QED) is 0.369. The Morgan fingerprint density at radius 3 is 2.32 bits per heavy atom. The average molecular weight is 548 g/mol. The number of hydrogen-bond acceptors (Lipinski definition) is 6. The number of anilines is 1. The second-order valence-corrected chi connectivity index (χ2v) is 9.84. The minimum atomic E-state index is -1.04. The topological polar surface area (TPSA) is 117 Å². The van der Waals surface area contributed by atoms with Crippen LogP contribution in [0.3, 0.4) is 0 Å². The molecule has 9 nitrogen and oxygen atoms in total. The van der Waals surface area contributed by atoms with Gasteiger partial charge in [0.15, 0.2) is 0 Å². The number of hydrogen-bond donors (Lipinski definition) is 1. The molecule has 1 fully saturated rings. The summed E-state index contributed by atoms with van der Waals surface area (Å²) in [5.41, 5.74) is 4.21. The molecule has 0 spiro atoms. The number of pyridine rings is 1. The molecule has 2 amide bonds. The van der Waals surface area contributed by atoms with E-state index in [0.29, 0.717) is 70.8 Å². The van der Waals surface area contributed by atoms with Crippen molar-refractivity contribution in [2.75, 3.05) is 31.2 Å². The summed E-state index contributed by atoms with van der Waals surface area (Å²) in [4.78, 5) is 58.5. The van der Waals surface area contributed by atoms with Crippen molar-refractivity contribution in [2.45, 2.75) is 6.92 Å². The molecule has 4 aromatic rings. The van der Waals surface area contributed by atoms with E-state index in [1.54, 1.807) is 71.6 Å². The molecule has 6 rings (SSSR count). The molecule has 1 saturated heterocycles. The third-order valence-corrected chi connectivity index (χ3v) is 7.28. The highest BCUT2D eigenvalue weighted by Gasteiger charge is 2.34. The highest BCUT2D eigenvalue weighted by molar-refractivity contribution is 6.26. The van der Waals surface area contributed by atoms with Crippen LogP contribution in [-0.2, 0) is 9.53 Å². The molecule has 9 heteroatoms. The molecule has 0 atom stereocenters. The molecule has 1 N–H and O–H groups in total. The number of aromatic nitrogens is 1. The van der Waals surface area contributed by atoms with Gasteiger partial charge in [-0.1, -0.05) is 24.3 Å². The zero-order valence-corrected chi connectivity index (χ0v) is 22.2. The van der Waals surface area contributed by atoms with Gasteiger partial charge in [-0.15, -0.1) is 0 Å². The predicted molar refractivity (Wildman–Crippen MR) is 153 cm³/mol. The summed E-state index contributed by atoms with van der Waals surface area (Å²) >= 11 is 0. The first kappa shape index (κ1) is 26.1. The van der Waals surface area contributed by atoms with E-state index in [1.165, 1.54) is 24.0 Å². The fraction of sp³-hybridized carbons (Fsp3) is 0.156. The standard InChI is InChI=1S/C32H25N3O6/c1-19(36)35-28-5-3-2-4-24(28)30(37)29(35)18-23-17-25(20-6-8-21(9-7-20)32(39)40)26-16-22(10-11-27(26)33-23)31(38)34-12-14-41-15-13-34/h2-11,16-18H,12-15H2,1H3,(H,39,40)/b29-18-. The van der Waals surface area contributed by atoms with Crippen LogP contribution < -0.4 is 4.90 Å². The number of para-hydroxylation sites is 1. The Morgan fingerprint density at radius 1 is 0.902 bits per heavy atom. The Balaban J connectivity index is 1.50. The molecule has 1 aromatic heterocycles. The van der Waals surface area contributed by atoms with Crippen LogP contribution in [0.4, 0.5) is 5.69 Å². The number of allylic oxidation sites excluding steroid dienone is 1. The van der Waals surface area contributed by atoms with E-state index in [4.69, 9.17) is 9.72 Å². The lowest BCUT2D eigenvalue weighted by atomic mass is 9.97. The smallest absolute Gasteiger partial charge is 0.335 e. The largest absolute Gasteiger partial charge is 0.478 e. The van der Waals surface area contributed by atoms with Gasteiger partial charge in [0.05, 0.1) is 41.4 Å². The molecule has 0 bridgehead atoms. The van der Waals surface area contributed by atoms with E-state index < -0.39 is 5.97 Å². The van der Waals surface area contributed by atoms with E-state index in [-0.39, 0.29) is 28.9 Å². The SMILES string of the molecule is CC(=O)N1/C(=C\c2cc(-c3ccc(C(=O)O)cc3)c3cc(C(=O)N4CCOCC4)ccc3n2)C(=O)c2ccccc21. The zero-order valence-electron chi connectivity index (χ0n) is 22.2. The van der Waals surface area contributed by atoms with Crippen LogP contribution in [-0.4, -0.2) is 64.9 Å². The van der Waals surface area contributed by atoms with Crippen LogP contribution in [0.1, 0.15) is 43.7 Å². The van der Waals surface area contributed by atoms with Crippen LogP contribution in [0.5, 0.6) is 0 Å². The number of carbonyl (C=O) groups is 4. The number of carboxylic acids is 1. The van der Waals surface area contributed by atoms with Gasteiger partial charge in [0, 0.05) is 36.5 Å². The van der Waals surface area contributed by atoms with Crippen LogP contribution >= 0.6 is 0 Å². The van der Waals surface area contributed by atoms with E-state index in [9.17, 15) is 24.3 Å². The molecule has 41 heavy (non-hydrogen) atoms. The fourth-order valence-electron chi connectivity index (χ4n) is 5.27. The first-order valence-electron chi connectivity index (χ1n) is 13.1. The number of carbonyl (C=O) groups excluding carboxylic acids is 3. The number of benzene rings is 3. The van der Waals surface area contributed by atoms with Gasteiger partial charge >= 0.3 is 5.97 Å². The van der Waals surface area contributed by atoms with Crippen molar-refractivity contribution in [1.82, 2.24) is 9.88 Å². The number of ketones is 1. The molecule has 0 unspecified atom stereocenters. The molecule has 3 heterocycles. The van der Waals surface area contributed by atoms with E-state index in [2.05, 4.69) is 0 Å². The monoisotopic (exact) mass is 547 g/mol. The van der Waals surface area contributed by atoms with Crippen LogP contribution in [0.15, 0.2) is 78.5 Å². The average Bonchev–Trinajstić information content (AvgIpc) is 3.27. The Kier molecular flexibility index (Phi) is 6.64. The van der Waals surface area contributed by atoms with Crippen molar-refractivity contribution in [3.8, 4) is 11.1 Å². The number of morpholine rings is 1. The molecular weight excluding hydrogens is 522 g/mol. The number of Topliss-reactive ketones (excluding diaryl/α,β-unsaturated/α-hetero) is 1. The molecule has 204 valence electrons. The van der Waals surface area contributed by atoms with Gasteiger partial charge in [0.25, 0.3) is 5.91 Å². The maximum Gasteiger partial charge on any atom is 0.335 e. The molecular formula is C32H25N3O6. The van der Waals surface area contributed by atoms with Crippen molar-refractivity contribution in [1.29, 1.82) is 0 Å². The third kappa shape index (κ3) is 4.76. The highest BCUT2D eigenvalue weighted by Crippen LogP contribution is 2.36. The Morgan fingerprint density at radius 2 is 1.61 bits per heavy atom. The summed E-state index contributed by atoms with van der Waals surface area (Å²) in [5.74, 6) is -1.73. The summed E-state index contributed by atoms with van der Waals surface area (Å²) in [6.07, 6.45) is 1.59. The van der Waals surface area contributed by atoms with Crippen LogP contribution in [0, 0.1) is 0 Å². The summed E-state index contributed by atoms with van der Waals surface area (Å²) < 4.78 is 5.38. The van der Waals surface area contributed by atoms with Gasteiger partial charge in [-0.2, -0.15) is 0 Å². The lowest BCUT2D eigenvalue weighted by molar-refractivity contribution is -0.116. The van der Waals surface area contributed by atoms with Gasteiger partial charge in [-0.05, 0) is 65.7 Å². The lowest BCUT2D eigenvalue weighted by Crippen LogP contribution is -2.40. The number of carboxylic acid groups (broad SMARTS) is 1. The minimum Gasteiger partial charge on any atom is -0.478 e. The molecule has 2 aliphatic rings. The van der Waals surface area contributed by atoms with E-state index >= 15 is 0 Å². The first-order valence-corrected chi connectivity index (χ1v) is 13.1. The van der Waals surface area contributed by atoms with Gasteiger partial charge < -0.3 is 14.7 Å². The van der Waals surface area contributed by atoms with Gasteiger partial charge in [0.2, 0.25) is 11.7 Å². The summed E-state index contributed by atoms with van der Waals surface area (Å²) in [6, 6.07) is 20.4. The van der Waals surface area contributed by atoms with Crippen molar-refractivity contribution >= 4 is 46.2 Å². The summed E-state index contributed by atoms with van der Waals surface area (Å²) in [7, 11) is 0. The number of ether oxygens (including phenoxy) is 1. The normalized spacial score (nSPS) is 15.8. The minimum absolute atomic E-state index is 0.111. The van der Waals surface area contributed by atoms with E-state index in [1.807, 2.05) is 0 Å². The Bertz CT molecular complexity index is 1770. The highest BCUT2D eigenvalue weighted by atomic mass is 16.5. The number of nitrogens with zero attached hydrogens (tertiary/aromatic N) is 3. The van der Waals surface area contributed by atoms with Crippen molar-refractivity contribution in [3.05, 3.63) is 101 Å².